The molecule has 1 saturated carbocycles. The van der Waals surface area contributed by atoms with Gasteiger partial charge in [-0.1, -0.05) is 12.1 Å². The second kappa shape index (κ2) is 4.44. The summed E-state index contributed by atoms with van der Waals surface area (Å²) in [5.74, 6) is 0.117. The number of halogens is 2. The summed E-state index contributed by atoms with van der Waals surface area (Å²) in [6.07, 6.45) is 2.95. The van der Waals surface area contributed by atoms with Crippen molar-refractivity contribution in [3.63, 3.8) is 0 Å². The van der Waals surface area contributed by atoms with Crippen molar-refractivity contribution in [2.24, 2.45) is 0 Å². The van der Waals surface area contributed by atoms with Crippen molar-refractivity contribution < 1.29 is 9.18 Å². The molecule has 1 fully saturated rings. The first kappa shape index (κ1) is 10.8. The van der Waals surface area contributed by atoms with E-state index in [1.54, 1.807) is 12.1 Å². The van der Waals surface area contributed by atoms with Gasteiger partial charge >= 0.3 is 0 Å². The Kier molecular flexibility index (Phi) is 3.19. The van der Waals surface area contributed by atoms with Crippen LogP contribution in [0.25, 0.3) is 0 Å². The van der Waals surface area contributed by atoms with Crippen LogP contribution < -0.4 is 0 Å². The summed E-state index contributed by atoms with van der Waals surface area (Å²) in [6.45, 7) is 0. The van der Waals surface area contributed by atoms with E-state index in [9.17, 15) is 9.18 Å². The van der Waals surface area contributed by atoms with Crippen LogP contribution in [0.3, 0.4) is 0 Å². The van der Waals surface area contributed by atoms with Crippen LogP contribution in [-0.2, 0) is 4.79 Å². The van der Waals surface area contributed by atoms with Gasteiger partial charge in [0, 0.05) is 12.8 Å². The van der Waals surface area contributed by atoms with E-state index in [4.69, 9.17) is 0 Å². The number of hydrogen-bond donors (Lipinski definition) is 0. The zero-order valence-corrected chi connectivity index (χ0v) is 9.89. The number of hydrogen-bond acceptors (Lipinski definition) is 1. The highest BCUT2D eigenvalue weighted by Gasteiger charge is 2.23. The molecule has 0 aliphatic heterocycles. The van der Waals surface area contributed by atoms with Gasteiger partial charge in [-0.15, -0.1) is 0 Å². The highest BCUT2D eigenvalue weighted by atomic mass is 79.9. The lowest BCUT2D eigenvalue weighted by atomic mass is 9.83. The van der Waals surface area contributed by atoms with Gasteiger partial charge in [0.2, 0.25) is 0 Å². The highest BCUT2D eigenvalue weighted by Crippen LogP contribution is 2.34. The standard InChI is InChI=1S/C12H12BrFO/c13-11-6-2-5-10(12(11)14)8-3-1-4-9(15)7-8/h2,5-6,8H,1,3-4,7H2. The fourth-order valence-electron chi connectivity index (χ4n) is 2.13. The first-order chi connectivity index (χ1) is 7.18. The summed E-state index contributed by atoms with van der Waals surface area (Å²) in [5, 5.41) is 0. The number of carbonyl (C=O) groups excluding carboxylic acids is 1. The van der Waals surface area contributed by atoms with Gasteiger partial charge in [-0.25, -0.2) is 4.39 Å². The van der Waals surface area contributed by atoms with Crippen LogP contribution in [0.15, 0.2) is 22.7 Å². The van der Waals surface area contributed by atoms with Crippen LogP contribution >= 0.6 is 15.9 Å². The highest BCUT2D eigenvalue weighted by molar-refractivity contribution is 9.10. The van der Waals surface area contributed by atoms with Crippen LogP contribution in [-0.4, -0.2) is 5.78 Å². The van der Waals surface area contributed by atoms with E-state index < -0.39 is 0 Å². The number of rotatable bonds is 1. The van der Waals surface area contributed by atoms with E-state index in [0.29, 0.717) is 22.9 Å². The molecule has 1 aliphatic carbocycles. The van der Waals surface area contributed by atoms with Gasteiger partial charge in [0.25, 0.3) is 0 Å². The molecule has 0 amide bonds. The molecule has 0 spiro atoms. The number of ketones is 1. The maximum atomic E-state index is 13.8. The molecule has 0 N–H and O–H groups in total. The molecular formula is C12H12BrFO. The molecule has 0 heterocycles. The topological polar surface area (TPSA) is 17.1 Å². The van der Waals surface area contributed by atoms with Crippen LogP contribution in [0.1, 0.15) is 37.2 Å². The Bertz CT molecular complexity index is 389. The smallest absolute Gasteiger partial charge is 0.140 e. The second-order valence-electron chi connectivity index (χ2n) is 3.97. The molecular weight excluding hydrogens is 259 g/mol. The molecule has 1 unspecified atom stereocenters. The van der Waals surface area contributed by atoms with Crippen molar-refractivity contribution in [3.05, 3.63) is 34.1 Å². The predicted molar refractivity (Wildman–Crippen MR) is 60.3 cm³/mol. The second-order valence-corrected chi connectivity index (χ2v) is 4.83. The Balaban J connectivity index is 2.28. The van der Waals surface area contributed by atoms with Crippen LogP contribution in [0.2, 0.25) is 0 Å². The fourth-order valence-corrected chi connectivity index (χ4v) is 2.51. The van der Waals surface area contributed by atoms with Gasteiger partial charge < -0.3 is 0 Å². The van der Waals surface area contributed by atoms with E-state index >= 15 is 0 Å². The molecule has 1 aliphatic rings. The average molecular weight is 271 g/mol. The lowest BCUT2D eigenvalue weighted by molar-refractivity contribution is -0.120. The maximum absolute atomic E-state index is 13.8. The molecule has 1 nitrogen and oxygen atoms in total. The van der Waals surface area contributed by atoms with Crippen molar-refractivity contribution in [1.29, 1.82) is 0 Å². The quantitative estimate of drug-likeness (QED) is 0.759. The SMILES string of the molecule is O=C1CCCC(c2cccc(Br)c2F)C1. The van der Waals surface area contributed by atoms with E-state index in [-0.39, 0.29) is 17.5 Å². The van der Waals surface area contributed by atoms with Crippen molar-refractivity contribution in [1.82, 2.24) is 0 Å². The normalized spacial score (nSPS) is 21.7. The molecule has 0 bridgehead atoms. The summed E-state index contributed by atoms with van der Waals surface area (Å²) in [4.78, 5) is 11.3. The predicted octanol–water partition coefficient (Wildman–Crippen LogP) is 3.81. The summed E-state index contributed by atoms with van der Waals surface area (Å²) >= 11 is 3.17. The van der Waals surface area contributed by atoms with Crippen molar-refractivity contribution in [3.8, 4) is 0 Å². The molecule has 1 aromatic rings. The van der Waals surface area contributed by atoms with Gasteiger partial charge in [0.15, 0.2) is 0 Å². The summed E-state index contributed by atoms with van der Waals surface area (Å²) in [6, 6.07) is 5.29. The van der Waals surface area contributed by atoms with Gasteiger partial charge in [-0.2, -0.15) is 0 Å². The number of benzene rings is 1. The van der Waals surface area contributed by atoms with Crippen molar-refractivity contribution >= 4 is 21.7 Å². The van der Waals surface area contributed by atoms with Gasteiger partial charge in [-0.3, -0.25) is 4.79 Å². The first-order valence-electron chi connectivity index (χ1n) is 5.14. The third-order valence-corrected chi connectivity index (χ3v) is 3.52. The molecule has 2 rings (SSSR count). The molecule has 0 saturated heterocycles. The Labute approximate surface area is 96.8 Å². The van der Waals surface area contributed by atoms with Gasteiger partial charge in [-0.05, 0) is 46.3 Å². The van der Waals surface area contributed by atoms with Crippen LogP contribution in [0, 0.1) is 5.82 Å². The van der Waals surface area contributed by atoms with E-state index in [0.717, 1.165) is 12.8 Å². The van der Waals surface area contributed by atoms with Gasteiger partial charge in [0.1, 0.15) is 11.6 Å². The number of Topliss-reactive ketones (excluding diaryl/α,β-unsaturated/α-hetero) is 1. The van der Waals surface area contributed by atoms with E-state index in [1.165, 1.54) is 0 Å². The van der Waals surface area contributed by atoms with Crippen LogP contribution in [0.5, 0.6) is 0 Å². The van der Waals surface area contributed by atoms with Crippen molar-refractivity contribution in [2.45, 2.75) is 31.6 Å². The molecule has 80 valence electrons. The molecule has 1 atom stereocenters. The molecule has 15 heavy (non-hydrogen) atoms. The first-order valence-corrected chi connectivity index (χ1v) is 5.93. The molecule has 0 aromatic heterocycles. The third-order valence-electron chi connectivity index (χ3n) is 2.90. The summed E-state index contributed by atoms with van der Waals surface area (Å²) < 4.78 is 14.2. The van der Waals surface area contributed by atoms with E-state index in [2.05, 4.69) is 15.9 Å². The van der Waals surface area contributed by atoms with Crippen molar-refractivity contribution in [2.75, 3.05) is 0 Å². The zero-order valence-electron chi connectivity index (χ0n) is 8.30. The number of carbonyl (C=O) groups is 1. The molecule has 0 radical (unpaired) electrons. The van der Waals surface area contributed by atoms with Gasteiger partial charge in [0.05, 0.1) is 4.47 Å². The Hall–Kier alpha value is -0.700. The van der Waals surface area contributed by atoms with Crippen LogP contribution in [0.4, 0.5) is 4.39 Å². The minimum Gasteiger partial charge on any atom is -0.300 e. The molecule has 1 aromatic carbocycles. The summed E-state index contributed by atoms with van der Waals surface area (Å²) in [5.41, 5.74) is 0.678. The third kappa shape index (κ3) is 2.28. The molecule has 3 heteroatoms. The monoisotopic (exact) mass is 270 g/mol. The summed E-state index contributed by atoms with van der Waals surface area (Å²) in [7, 11) is 0. The Morgan fingerprint density at radius 2 is 2.20 bits per heavy atom. The Morgan fingerprint density at radius 1 is 1.40 bits per heavy atom. The largest absolute Gasteiger partial charge is 0.300 e. The minimum atomic E-state index is -0.211. The lowest BCUT2D eigenvalue weighted by Gasteiger charge is -2.21. The minimum absolute atomic E-state index is 0.0729. The van der Waals surface area contributed by atoms with E-state index in [1.807, 2.05) is 6.07 Å². The Morgan fingerprint density at radius 3 is 2.93 bits per heavy atom. The lowest BCUT2D eigenvalue weighted by Crippen LogP contribution is -2.14. The maximum Gasteiger partial charge on any atom is 0.140 e. The zero-order chi connectivity index (χ0) is 10.8. The average Bonchev–Trinajstić information content (AvgIpc) is 2.22. The fraction of sp³-hybridized carbons (Fsp3) is 0.417.